The molecule has 0 spiro atoms. The van der Waals surface area contributed by atoms with Crippen LogP contribution in [0, 0.1) is 5.92 Å². The molecule has 1 heterocycles. The first-order valence-corrected chi connectivity index (χ1v) is 7.34. The molecule has 20 heavy (non-hydrogen) atoms. The van der Waals surface area contributed by atoms with Crippen molar-refractivity contribution in [3.8, 4) is 5.75 Å². The summed E-state index contributed by atoms with van der Waals surface area (Å²) in [5.41, 5.74) is 7.65. The summed E-state index contributed by atoms with van der Waals surface area (Å²) >= 11 is 5.01. The van der Waals surface area contributed by atoms with E-state index in [1.165, 1.54) is 5.56 Å². The molecule has 3 N–H and O–H groups in total. The van der Waals surface area contributed by atoms with Gasteiger partial charge >= 0.3 is 0 Å². The number of methoxy groups -OCH3 is 1. The van der Waals surface area contributed by atoms with Gasteiger partial charge in [-0.05, 0) is 49.5 Å². The van der Waals surface area contributed by atoms with Crippen LogP contribution >= 0.6 is 12.2 Å². The zero-order chi connectivity index (χ0) is 14.5. The molecule has 1 aromatic rings. The van der Waals surface area contributed by atoms with Gasteiger partial charge in [-0.15, -0.1) is 0 Å². The van der Waals surface area contributed by atoms with Crippen LogP contribution in [0.15, 0.2) is 18.2 Å². The maximum atomic E-state index is 9.16. The summed E-state index contributed by atoms with van der Waals surface area (Å²) in [6.07, 6.45) is 2.14. The van der Waals surface area contributed by atoms with Gasteiger partial charge in [0.2, 0.25) is 0 Å². The number of hydrogen-bond donors (Lipinski definition) is 2. The molecule has 0 radical (unpaired) electrons. The molecule has 0 aromatic heterocycles. The summed E-state index contributed by atoms with van der Waals surface area (Å²) in [6, 6.07) is 5.98. The smallest absolute Gasteiger partial charge is 0.129 e. The number of piperidine rings is 1. The van der Waals surface area contributed by atoms with Crippen molar-refractivity contribution in [2.45, 2.75) is 19.4 Å². The molecule has 0 aliphatic carbocycles. The van der Waals surface area contributed by atoms with E-state index in [1.807, 2.05) is 12.1 Å². The average molecular weight is 294 g/mol. The van der Waals surface area contributed by atoms with Gasteiger partial charge < -0.3 is 15.6 Å². The molecular formula is C15H22N2O2S. The van der Waals surface area contributed by atoms with E-state index in [2.05, 4.69) is 11.0 Å². The molecule has 5 heteroatoms. The minimum Gasteiger partial charge on any atom is -0.496 e. The van der Waals surface area contributed by atoms with Gasteiger partial charge in [0.15, 0.2) is 0 Å². The van der Waals surface area contributed by atoms with Gasteiger partial charge in [0.1, 0.15) is 10.7 Å². The van der Waals surface area contributed by atoms with Gasteiger partial charge in [-0.2, -0.15) is 0 Å². The van der Waals surface area contributed by atoms with E-state index in [0.29, 0.717) is 17.5 Å². The fourth-order valence-corrected chi connectivity index (χ4v) is 2.79. The zero-order valence-electron chi connectivity index (χ0n) is 11.8. The minimum atomic E-state index is 0.310. The van der Waals surface area contributed by atoms with Crippen molar-refractivity contribution < 1.29 is 9.84 Å². The van der Waals surface area contributed by atoms with Crippen molar-refractivity contribution in [2.75, 3.05) is 26.8 Å². The summed E-state index contributed by atoms with van der Waals surface area (Å²) < 4.78 is 5.35. The fraction of sp³-hybridized carbons (Fsp3) is 0.533. The highest BCUT2D eigenvalue weighted by Crippen LogP contribution is 2.23. The molecule has 0 amide bonds. The van der Waals surface area contributed by atoms with Gasteiger partial charge in [0.25, 0.3) is 0 Å². The molecule has 0 atom stereocenters. The van der Waals surface area contributed by atoms with Crippen LogP contribution in [0.4, 0.5) is 0 Å². The third-order valence-corrected chi connectivity index (χ3v) is 4.12. The van der Waals surface area contributed by atoms with E-state index < -0.39 is 0 Å². The van der Waals surface area contributed by atoms with Crippen LogP contribution in [0.3, 0.4) is 0 Å². The molecule has 1 fully saturated rings. The number of nitrogens with two attached hydrogens (primary N) is 1. The first-order valence-electron chi connectivity index (χ1n) is 6.94. The molecule has 1 saturated heterocycles. The lowest BCUT2D eigenvalue weighted by molar-refractivity contribution is 0.127. The summed E-state index contributed by atoms with van der Waals surface area (Å²) in [4.78, 5) is 2.76. The van der Waals surface area contributed by atoms with Crippen molar-refractivity contribution in [1.82, 2.24) is 4.90 Å². The Morgan fingerprint density at radius 2 is 2.15 bits per heavy atom. The summed E-state index contributed by atoms with van der Waals surface area (Å²) in [5, 5.41) is 9.16. The van der Waals surface area contributed by atoms with E-state index in [-0.39, 0.29) is 0 Å². The molecule has 1 aromatic carbocycles. The van der Waals surface area contributed by atoms with Crippen LogP contribution in [0.2, 0.25) is 0 Å². The monoisotopic (exact) mass is 294 g/mol. The van der Waals surface area contributed by atoms with Gasteiger partial charge in [0, 0.05) is 13.2 Å². The Bertz CT molecular complexity index is 471. The first kappa shape index (κ1) is 15.2. The fourth-order valence-electron chi connectivity index (χ4n) is 2.62. The number of benzene rings is 1. The minimum absolute atomic E-state index is 0.310. The second-order valence-electron chi connectivity index (χ2n) is 5.30. The average Bonchev–Trinajstić information content (AvgIpc) is 2.47. The van der Waals surface area contributed by atoms with Crippen LogP contribution in [0.25, 0.3) is 0 Å². The number of likely N-dealkylation sites (tertiary alicyclic amines) is 1. The van der Waals surface area contributed by atoms with Gasteiger partial charge in [-0.3, -0.25) is 4.90 Å². The molecule has 0 saturated carbocycles. The molecule has 1 aliphatic rings. The number of ether oxygens (including phenoxy) is 1. The molecule has 1 aliphatic heterocycles. The lowest BCUT2D eigenvalue weighted by atomic mass is 9.97. The molecule has 0 unspecified atom stereocenters. The van der Waals surface area contributed by atoms with Crippen LogP contribution in [-0.4, -0.2) is 41.8 Å². The van der Waals surface area contributed by atoms with E-state index in [4.69, 9.17) is 27.8 Å². The Labute approximate surface area is 125 Å². The standard InChI is InChI=1S/C15H22N2O2S/c1-19-14-8-12(2-3-13(14)15(16)20)9-17-6-4-11(10-18)5-7-17/h2-3,8,11,18H,4-7,9-10H2,1H3,(H2,16,20). The van der Waals surface area contributed by atoms with Crippen LogP contribution < -0.4 is 10.5 Å². The second kappa shape index (κ2) is 7.02. The Hall–Kier alpha value is -1.17. The van der Waals surface area contributed by atoms with Crippen molar-refractivity contribution in [3.05, 3.63) is 29.3 Å². The lowest BCUT2D eigenvalue weighted by Crippen LogP contribution is -2.34. The lowest BCUT2D eigenvalue weighted by Gasteiger charge is -2.31. The summed E-state index contributed by atoms with van der Waals surface area (Å²) in [7, 11) is 1.63. The topological polar surface area (TPSA) is 58.7 Å². The van der Waals surface area contributed by atoms with Crippen LogP contribution in [0.1, 0.15) is 24.0 Å². The second-order valence-corrected chi connectivity index (χ2v) is 5.74. The summed E-state index contributed by atoms with van der Waals surface area (Å²) in [6.45, 7) is 3.27. The molecular weight excluding hydrogens is 272 g/mol. The third-order valence-electron chi connectivity index (χ3n) is 3.90. The van der Waals surface area contributed by atoms with Crippen LogP contribution in [-0.2, 0) is 6.54 Å². The third kappa shape index (κ3) is 3.69. The predicted molar refractivity (Wildman–Crippen MR) is 84.0 cm³/mol. The van der Waals surface area contributed by atoms with E-state index in [0.717, 1.165) is 43.8 Å². The van der Waals surface area contributed by atoms with Gasteiger partial charge in [-0.25, -0.2) is 0 Å². The first-order chi connectivity index (χ1) is 9.63. The number of aliphatic hydroxyl groups is 1. The van der Waals surface area contributed by atoms with E-state index in [1.54, 1.807) is 7.11 Å². The van der Waals surface area contributed by atoms with Crippen molar-refractivity contribution >= 4 is 17.2 Å². The Balaban J connectivity index is 2.01. The number of nitrogens with zero attached hydrogens (tertiary/aromatic N) is 1. The number of rotatable bonds is 5. The van der Waals surface area contributed by atoms with Crippen molar-refractivity contribution in [3.63, 3.8) is 0 Å². The van der Waals surface area contributed by atoms with Crippen molar-refractivity contribution in [1.29, 1.82) is 0 Å². The largest absolute Gasteiger partial charge is 0.496 e. The highest BCUT2D eigenvalue weighted by atomic mass is 32.1. The van der Waals surface area contributed by atoms with E-state index in [9.17, 15) is 0 Å². The quantitative estimate of drug-likeness (QED) is 0.807. The molecule has 2 rings (SSSR count). The van der Waals surface area contributed by atoms with Crippen LogP contribution in [0.5, 0.6) is 5.75 Å². The zero-order valence-corrected chi connectivity index (χ0v) is 12.7. The summed E-state index contributed by atoms with van der Waals surface area (Å²) in [5.74, 6) is 1.21. The highest BCUT2D eigenvalue weighted by Gasteiger charge is 2.18. The van der Waals surface area contributed by atoms with Gasteiger partial charge in [-0.1, -0.05) is 18.3 Å². The Kier molecular flexibility index (Phi) is 5.34. The molecule has 0 bridgehead atoms. The number of hydrogen-bond acceptors (Lipinski definition) is 4. The Morgan fingerprint density at radius 1 is 1.45 bits per heavy atom. The highest BCUT2D eigenvalue weighted by molar-refractivity contribution is 7.80. The maximum Gasteiger partial charge on any atom is 0.129 e. The normalized spacial score (nSPS) is 17.1. The number of aliphatic hydroxyl groups excluding tert-OH is 1. The molecule has 110 valence electrons. The van der Waals surface area contributed by atoms with Crippen molar-refractivity contribution in [2.24, 2.45) is 11.7 Å². The van der Waals surface area contributed by atoms with Gasteiger partial charge in [0.05, 0.1) is 12.7 Å². The predicted octanol–water partition coefficient (Wildman–Crippen LogP) is 1.53. The maximum absolute atomic E-state index is 9.16. The SMILES string of the molecule is COc1cc(CN2CCC(CO)CC2)ccc1C(N)=S. The van der Waals surface area contributed by atoms with E-state index >= 15 is 0 Å². The molecule has 4 nitrogen and oxygen atoms in total. The Morgan fingerprint density at radius 3 is 2.70 bits per heavy atom. The number of thiocarbonyl (C=S) groups is 1.